The van der Waals surface area contributed by atoms with Crippen LogP contribution in [-0.2, 0) is 24.1 Å². The summed E-state index contributed by atoms with van der Waals surface area (Å²) in [6.45, 7) is 1.59. The van der Waals surface area contributed by atoms with Crippen LogP contribution in [0.1, 0.15) is 36.2 Å². The van der Waals surface area contributed by atoms with Crippen molar-refractivity contribution in [3.05, 3.63) is 66.3 Å². The van der Waals surface area contributed by atoms with Crippen LogP contribution in [0.2, 0.25) is 0 Å². The molecule has 3 heterocycles. The maximum atomic E-state index is 5.86. The number of hydrogen-bond acceptors (Lipinski definition) is 5. The zero-order valence-electron chi connectivity index (χ0n) is 14.1. The Morgan fingerprint density at radius 2 is 2.08 bits per heavy atom. The Morgan fingerprint density at radius 1 is 1.16 bits per heavy atom. The van der Waals surface area contributed by atoms with Gasteiger partial charge in [-0.25, -0.2) is 4.98 Å². The van der Waals surface area contributed by atoms with Crippen LogP contribution < -0.4 is 0 Å². The van der Waals surface area contributed by atoms with Gasteiger partial charge in [0.1, 0.15) is 6.10 Å². The van der Waals surface area contributed by atoms with Crippen LogP contribution in [0.3, 0.4) is 0 Å². The molecule has 25 heavy (non-hydrogen) atoms. The third-order valence-electron chi connectivity index (χ3n) is 4.65. The molecule has 2 atom stereocenters. The normalized spacial score (nSPS) is 20.2. The van der Waals surface area contributed by atoms with Crippen molar-refractivity contribution >= 4 is 0 Å². The van der Waals surface area contributed by atoms with E-state index >= 15 is 0 Å². The van der Waals surface area contributed by atoms with E-state index in [0.29, 0.717) is 11.8 Å². The number of nitrogens with zero attached hydrogens (tertiary/aromatic N) is 4. The second kappa shape index (κ2) is 7.61. The van der Waals surface area contributed by atoms with Gasteiger partial charge in [-0.1, -0.05) is 35.5 Å². The van der Waals surface area contributed by atoms with E-state index in [1.54, 1.807) is 6.20 Å². The van der Waals surface area contributed by atoms with Crippen LogP contribution in [0.4, 0.5) is 0 Å². The predicted octanol–water partition coefficient (Wildman–Crippen LogP) is 3.22. The molecular weight excluding hydrogens is 316 g/mol. The van der Waals surface area contributed by atoms with E-state index in [2.05, 4.69) is 44.0 Å². The summed E-state index contributed by atoms with van der Waals surface area (Å²) in [7, 11) is 0. The summed E-state index contributed by atoms with van der Waals surface area (Å²) in [5.41, 5.74) is 1.34. The fourth-order valence-corrected chi connectivity index (χ4v) is 3.34. The van der Waals surface area contributed by atoms with Gasteiger partial charge < -0.3 is 13.8 Å². The Hall–Kier alpha value is -2.47. The molecule has 3 aromatic rings. The number of hydrogen-bond donors (Lipinski definition) is 0. The third kappa shape index (κ3) is 3.96. The highest BCUT2D eigenvalue weighted by Gasteiger charge is 2.34. The van der Waals surface area contributed by atoms with Gasteiger partial charge in [-0.3, -0.25) is 0 Å². The number of ether oxygens (including phenoxy) is 1. The second-order valence-electron chi connectivity index (χ2n) is 6.49. The first-order chi connectivity index (χ1) is 12.4. The number of aryl methyl sites for hydroxylation is 2. The minimum Gasteiger partial charge on any atom is -0.368 e. The average molecular weight is 338 g/mol. The monoisotopic (exact) mass is 338 g/mol. The second-order valence-corrected chi connectivity index (χ2v) is 6.49. The summed E-state index contributed by atoms with van der Waals surface area (Å²) in [5, 5.41) is 4.14. The fraction of sp³-hybridized carbons (Fsp3) is 0.421. The molecule has 1 aliphatic heterocycles. The quantitative estimate of drug-likeness (QED) is 0.662. The zero-order chi connectivity index (χ0) is 16.9. The van der Waals surface area contributed by atoms with Gasteiger partial charge in [0, 0.05) is 37.9 Å². The molecule has 0 amide bonds. The van der Waals surface area contributed by atoms with Gasteiger partial charge in [0.25, 0.3) is 5.89 Å². The summed E-state index contributed by atoms with van der Waals surface area (Å²) in [4.78, 5) is 8.67. The molecule has 6 heteroatoms. The Morgan fingerprint density at radius 3 is 2.92 bits per heavy atom. The van der Waals surface area contributed by atoms with Crippen molar-refractivity contribution in [3.8, 4) is 0 Å². The smallest absolute Gasteiger partial charge is 0.256 e. The fourth-order valence-electron chi connectivity index (χ4n) is 3.34. The highest BCUT2D eigenvalue weighted by Crippen LogP contribution is 2.34. The van der Waals surface area contributed by atoms with Gasteiger partial charge in [0.15, 0.2) is 5.82 Å². The molecule has 0 radical (unpaired) electrons. The zero-order valence-corrected chi connectivity index (χ0v) is 14.1. The van der Waals surface area contributed by atoms with E-state index in [1.807, 2.05) is 18.6 Å². The Balaban J connectivity index is 1.34. The van der Waals surface area contributed by atoms with Crippen LogP contribution in [0.25, 0.3) is 0 Å². The summed E-state index contributed by atoms with van der Waals surface area (Å²) in [6, 6.07) is 10.5. The first-order valence-electron chi connectivity index (χ1n) is 8.82. The SMILES string of the molecule is c1ccc(CCCc2noc([C@H]3OCC[C@H]3Cn3ccnc3)n2)cc1. The molecule has 6 nitrogen and oxygen atoms in total. The van der Waals surface area contributed by atoms with Crippen LogP contribution in [0.5, 0.6) is 0 Å². The molecule has 2 aromatic heterocycles. The number of imidazole rings is 1. The highest BCUT2D eigenvalue weighted by molar-refractivity contribution is 5.14. The molecule has 0 bridgehead atoms. The van der Waals surface area contributed by atoms with Crippen LogP contribution in [0, 0.1) is 5.92 Å². The van der Waals surface area contributed by atoms with E-state index < -0.39 is 0 Å². The van der Waals surface area contributed by atoms with Crippen molar-refractivity contribution in [1.29, 1.82) is 0 Å². The Bertz CT molecular complexity index is 770. The maximum absolute atomic E-state index is 5.86. The van der Waals surface area contributed by atoms with E-state index in [1.165, 1.54) is 5.56 Å². The van der Waals surface area contributed by atoms with Gasteiger partial charge in [-0.05, 0) is 24.8 Å². The van der Waals surface area contributed by atoms with E-state index in [9.17, 15) is 0 Å². The van der Waals surface area contributed by atoms with Crippen molar-refractivity contribution in [2.45, 2.75) is 38.3 Å². The molecular formula is C19H22N4O2. The van der Waals surface area contributed by atoms with Crippen LogP contribution in [0.15, 0.2) is 53.6 Å². The summed E-state index contributed by atoms with van der Waals surface area (Å²) < 4.78 is 13.4. The molecule has 130 valence electrons. The van der Waals surface area contributed by atoms with Crippen molar-refractivity contribution < 1.29 is 9.26 Å². The van der Waals surface area contributed by atoms with Gasteiger partial charge in [-0.2, -0.15) is 4.98 Å². The molecule has 1 fully saturated rings. The Labute approximate surface area is 146 Å². The first kappa shape index (κ1) is 16.0. The molecule has 0 spiro atoms. The van der Waals surface area contributed by atoms with Crippen molar-refractivity contribution in [2.24, 2.45) is 5.92 Å². The lowest BCUT2D eigenvalue weighted by atomic mass is 10.0. The van der Waals surface area contributed by atoms with Crippen molar-refractivity contribution in [1.82, 2.24) is 19.7 Å². The van der Waals surface area contributed by atoms with Gasteiger partial charge in [0.05, 0.1) is 6.33 Å². The summed E-state index contributed by atoms with van der Waals surface area (Å²) in [6.07, 6.45) is 9.32. The molecule has 1 aromatic carbocycles. The van der Waals surface area contributed by atoms with Gasteiger partial charge in [-0.15, -0.1) is 0 Å². The molecule has 0 N–H and O–H groups in total. The molecule has 4 rings (SSSR count). The minimum absolute atomic E-state index is 0.113. The molecule has 1 aliphatic rings. The standard InChI is InChI=1S/C19H22N4O2/c1-2-5-15(6-3-1)7-4-8-17-21-19(25-22-17)18-16(9-12-24-18)13-23-11-10-20-14-23/h1-3,5-6,10-11,14,16,18H,4,7-9,12-13H2/t16-,18-/m0/s1. The topological polar surface area (TPSA) is 66.0 Å². The lowest BCUT2D eigenvalue weighted by Crippen LogP contribution is -2.14. The largest absolute Gasteiger partial charge is 0.368 e. The molecule has 0 saturated carbocycles. The minimum atomic E-state index is -0.113. The molecule has 0 aliphatic carbocycles. The lowest BCUT2D eigenvalue weighted by Gasteiger charge is -2.15. The van der Waals surface area contributed by atoms with Crippen LogP contribution >= 0.6 is 0 Å². The lowest BCUT2D eigenvalue weighted by molar-refractivity contribution is 0.0586. The summed E-state index contributed by atoms with van der Waals surface area (Å²) >= 11 is 0. The average Bonchev–Trinajstić information content (AvgIpc) is 3.38. The molecule has 0 unspecified atom stereocenters. The van der Waals surface area contributed by atoms with Crippen molar-refractivity contribution in [2.75, 3.05) is 6.61 Å². The van der Waals surface area contributed by atoms with E-state index in [4.69, 9.17) is 9.26 Å². The van der Waals surface area contributed by atoms with E-state index in [0.717, 1.165) is 44.7 Å². The van der Waals surface area contributed by atoms with E-state index in [-0.39, 0.29) is 6.10 Å². The van der Waals surface area contributed by atoms with Crippen molar-refractivity contribution in [3.63, 3.8) is 0 Å². The molecule has 1 saturated heterocycles. The summed E-state index contributed by atoms with van der Waals surface area (Å²) in [5.74, 6) is 1.71. The Kier molecular flexibility index (Phi) is 4.88. The van der Waals surface area contributed by atoms with Gasteiger partial charge in [0.2, 0.25) is 0 Å². The van der Waals surface area contributed by atoms with Gasteiger partial charge >= 0.3 is 0 Å². The highest BCUT2D eigenvalue weighted by atomic mass is 16.5. The number of aromatic nitrogens is 4. The maximum Gasteiger partial charge on any atom is 0.256 e. The predicted molar refractivity (Wildman–Crippen MR) is 91.8 cm³/mol. The first-order valence-corrected chi connectivity index (χ1v) is 8.82. The number of rotatable bonds is 7. The number of benzene rings is 1. The van der Waals surface area contributed by atoms with Crippen LogP contribution in [-0.4, -0.2) is 26.3 Å². The third-order valence-corrected chi connectivity index (χ3v) is 4.65.